The average Bonchev–Trinajstić information content (AvgIpc) is 2.17. The van der Waals surface area contributed by atoms with Crippen LogP contribution in [0.3, 0.4) is 0 Å². The molecule has 1 atom stereocenters. The molecule has 1 fully saturated rings. The molecule has 0 radical (unpaired) electrons. The monoisotopic (exact) mass is 186 g/mol. The molecule has 2 N–H and O–H groups in total. The zero-order valence-corrected chi connectivity index (χ0v) is 8.32. The van der Waals surface area contributed by atoms with Gasteiger partial charge in [0.15, 0.2) is 0 Å². The Morgan fingerprint density at radius 2 is 2.08 bits per heavy atom. The van der Waals surface area contributed by atoms with Gasteiger partial charge in [0.2, 0.25) is 5.91 Å². The Hall–Kier alpha value is -0.610. The van der Waals surface area contributed by atoms with Gasteiger partial charge in [-0.2, -0.15) is 0 Å². The molecule has 4 heteroatoms. The Labute approximate surface area is 79.0 Å². The van der Waals surface area contributed by atoms with Crippen LogP contribution in [0.1, 0.15) is 19.8 Å². The van der Waals surface area contributed by atoms with Crippen LogP contribution in [0.4, 0.5) is 0 Å². The molecule has 0 saturated carbocycles. The maximum Gasteiger partial charge on any atom is 0.234 e. The maximum absolute atomic E-state index is 10.9. The molecule has 1 aliphatic heterocycles. The summed E-state index contributed by atoms with van der Waals surface area (Å²) in [6.07, 6.45) is 2.35. The first-order valence-corrected chi connectivity index (χ1v) is 4.71. The topological polar surface area (TPSA) is 55.6 Å². The predicted molar refractivity (Wildman–Crippen MR) is 50.3 cm³/mol. The molecule has 0 aromatic heterocycles. The Bertz CT molecular complexity index is 176. The number of carbonyl (C=O) groups is 1. The average molecular weight is 186 g/mol. The Kier molecular flexibility index (Phi) is 3.69. The molecule has 0 spiro atoms. The van der Waals surface area contributed by atoms with E-state index in [4.69, 9.17) is 10.5 Å². The highest BCUT2D eigenvalue weighted by molar-refractivity contribution is 5.79. The minimum absolute atomic E-state index is 0.141. The third kappa shape index (κ3) is 2.67. The first kappa shape index (κ1) is 10.5. The van der Waals surface area contributed by atoms with Crippen LogP contribution in [0.5, 0.6) is 0 Å². The fourth-order valence-electron chi connectivity index (χ4n) is 1.68. The van der Waals surface area contributed by atoms with Gasteiger partial charge >= 0.3 is 0 Å². The van der Waals surface area contributed by atoms with Crippen LogP contribution >= 0.6 is 0 Å². The second kappa shape index (κ2) is 4.58. The van der Waals surface area contributed by atoms with Crippen molar-refractivity contribution in [3.8, 4) is 0 Å². The van der Waals surface area contributed by atoms with Crippen LogP contribution in [0.25, 0.3) is 0 Å². The zero-order valence-electron chi connectivity index (χ0n) is 8.32. The standard InChI is InChI=1S/C9H18N2O2/c1-7(9(10)12)11-5-3-8(13-2)4-6-11/h7-8H,3-6H2,1-2H3,(H2,10,12). The van der Waals surface area contributed by atoms with Crippen molar-refractivity contribution >= 4 is 5.91 Å². The fraction of sp³-hybridized carbons (Fsp3) is 0.889. The summed E-state index contributed by atoms with van der Waals surface area (Å²) in [5.74, 6) is -0.240. The smallest absolute Gasteiger partial charge is 0.234 e. The molecule has 0 aliphatic carbocycles. The van der Waals surface area contributed by atoms with E-state index in [0.717, 1.165) is 25.9 Å². The van der Waals surface area contributed by atoms with Crippen LogP contribution in [0.15, 0.2) is 0 Å². The van der Waals surface area contributed by atoms with Gasteiger partial charge in [-0.25, -0.2) is 0 Å². The van der Waals surface area contributed by atoms with Gasteiger partial charge in [-0.05, 0) is 19.8 Å². The lowest BCUT2D eigenvalue weighted by Crippen LogP contribution is -2.47. The van der Waals surface area contributed by atoms with E-state index >= 15 is 0 Å². The first-order valence-electron chi connectivity index (χ1n) is 4.71. The molecule has 1 rings (SSSR count). The third-order valence-corrected chi connectivity index (χ3v) is 2.77. The van der Waals surface area contributed by atoms with E-state index in [-0.39, 0.29) is 11.9 Å². The first-order chi connectivity index (χ1) is 6.15. The molecule has 0 aromatic carbocycles. The molecular formula is C9H18N2O2. The lowest BCUT2D eigenvalue weighted by atomic mass is 10.1. The highest BCUT2D eigenvalue weighted by atomic mass is 16.5. The predicted octanol–water partition coefficient (Wildman–Crippen LogP) is -0.0290. The molecule has 1 saturated heterocycles. The van der Waals surface area contributed by atoms with Crippen molar-refractivity contribution in [1.29, 1.82) is 0 Å². The van der Waals surface area contributed by atoms with E-state index in [0.29, 0.717) is 6.10 Å². The van der Waals surface area contributed by atoms with Gasteiger partial charge in [0, 0.05) is 20.2 Å². The molecule has 1 unspecified atom stereocenters. The molecular weight excluding hydrogens is 168 g/mol. The van der Waals surface area contributed by atoms with E-state index in [2.05, 4.69) is 4.90 Å². The lowest BCUT2D eigenvalue weighted by molar-refractivity contribution is -0.123. The van der Waals surface area contributed by atoms with Crippen LogP contribution in [0.2, 0.25) is 0 Å². The number of methoxy groups -OCH3 is 1. The number of nitrogens with zero attached hydrogens (tertiary/aromatic N) is 1. The summed E-state index contributed by atoms with van der Waals surface area (Å²) < 4.78 is 5.24. The van der Waals surface area contributed by atoms with Crippen LogP contribution in [-0.4, -0.2) is 43.2 Å². The van der Waals surface area contributed by atoms with Gasteiger partial charge in [0.1, 0.15) is 0 Å². The summed E-state index contributed by atoms with van der Waals surface area (Å²) in [6, 6.07) is -0.141. The number of piperidine rings is 1. The van der Waals surface area contributed by atoms with Crippen molar-refractivity contribution in [2.45, 2.75) is 31.9 Å². The van der Waals surface area contributed by atoms with E-state index in [9.17, 15) is 4.79 Å². The van der Waals surface area contributed by atoms with Crippen molar-refractivity contribution in [2.75, 3.05) is 20.2 Å². The van der Waals surface area contributed by atoms with Crippen molar-refractivity contribution in [3.63, 3.8) is 0 Å². The largest absolute Gasteiger partial charge is 0.381 e. The van der Waals surface area contributed by atoms with Gasteiger partial charge in [-0.1, -0.05) is 0 Å². The number of hydrogen-bond donors (Lipinski definition) is 1. The van der Waals surface area contributed by atoms with Crippen molar-refractivity contribution < 1.29 is 9.53 Å². The minimum atomic E-state index is -0.240. The number of carbonyl (C=O) groups excluding carboxylic acids is 1. The highest BCUT2D eigenvalue weighted by Gasteiger charge is 2.24. The van der Waals surface area contributed by atoms with E-state index in [1.54, 1.807) is 7.11 Å². The van der Waals surface area contributed by atoms with E-state index in [1.807, 2.05) is 6.92 Å². The molecule has 13 heavy (non-hydrogen) atoms. The Morgan fingerprint density at radius 3 is 2.46 bits per heavy atom. The van der Waals surface area contributed by atoms with Gasteiger partial charge in [0.25, 0.3) is 0 Å². The Balaban J connectivity index is 2.36. The van der Waals surface area contributed by atoms with Gasteiger partial charge in [-0.15, -0.1) is 0 Å². The van der Waals surface area contributed by atoms with Crippen LogP contribution in [0, 0.1) is 0 Å². The molecule has 4 nitrogen and oxygen atoms in total. The lowest BCUT2D eigenvalue weighted by Gasteiger charge is -2.33. The highest BCUT2D eigenvalue weighted by Crippen LogP contribution is 2.14. The van der Waals surface area contributed by atoms with Crippen LogP contribution < -0.4 is 5.73 Å². The van der Waals surface area contributed by atoms with E-state index in [1.165, 1.54) is 0 Å². The van der Waals surface area contributed by atoms with Gasteiger partial charge in [0.05, 0.1) is 12.1 Å². The summed E-state index contributed by atoms with van der Waals surface area (Å²) in [6.45, 7) is 3.67. The molecule has 1 heterocycles. The molecule has 1 amide bonds. The number of primary amides is 1. The Morgan fingerprint density at radius 1 is 1.54 bits per heavy atom. The third-order valence-electron chi connectivity index (χ3n) is 2.77. The van der Waals surface area contributed by atoms with Crippen molar-refractivity contribution in [2.24, 2.45) is 5.73 Å². The second-order valence-corrected chi connectivity index (χ2v) is 3.55. The van der Waals surface area contributed by atoms with Crippen LogP contribution in [-0.2, 0) is 9.53 Å². The van der Waals surface area contributed by atoms with Gasteiger partial charge in [-0.3, -0.25) is 9.69 Å². The maximum atomic E-state index is 10.9. The molecule has 0 bridgehead atoms. The molecule has 1 aliphatic rings. The fourth-order valence-corrected chi connectivity index (χ4v) is 1.68. The van der Waals surface area contributed by atoms with E-state index < -0.39 is 0 Å². The summed E-state index contributed by atoms with van der Waals surface area (Å²) in [5.41, 5.74) is 5.22. The summed E-state index contributed by atoms with van der Waals surface area (Å²) in [7, 11) is 1.73. The van der Waals surface area contributed by atoms with Gasteiger partial charge < -0.3 is 10.5 Å². The normalized spacial score (nSPS) is 22.9. The zero-order chi connectivity index (χ0) is 9.84. The number of rotatable bonds is 3. The number of amides is 1. The minimum Gasteiger partial charge on any atom is -0.381 e. The van der Waals surface area contributed by atoms with Crippen molar-refractivity contribution in [3.05, 3.63) is 0 Å². The summed E-state index contributed by atoms with van der Waals surface area (Å²) in [4.78, 5) is 13.0. The SMILES string of the molecule is COC1CCN(C(C)C(N)=O)CC1. The number of hydrogen-bond acceptors (Lipinski definition) is 3. The number of ether oxygens (including phenoxy) is 1. The second-order valence-electron chi connectivity index (χ2n) is 3.55. The quantitative estimate of drug-likeness (QED) is 0.673. The summed E-state index contributed by atoms with van der Waals surface area (Å²) in [5, 5.41) is 0. The molecule has 76 valence electrons. The summed E-state index contributed by atoms with van der Waals surface area (Å²) >= 11 is 0. The number of nitrogens with two attached hydrogens (primary N) is 1. The number of likely N-dealkylation sites (tertiary alicyclic amines) is 1. The van der Waals surface area contributed by atoms with Crippen molar-refractivity contribution in [1.82, 2.24) is 4.90 Å². The molecule has 0 aromatic rings.